The molecule has 1 aliphatic carbocycles. The molecule has 1 amide bonds. The summed E-state index contributed by atoms with van der Waals surface area (Å²) >= 11 is 0. The molecule has 2 heterocycles. The summed E-state index contributed by atoms with van der Waals surface area (Å²) in [6.45, 7) is 0.974. The Labute approximate surface area is 147 Å². The number of likely N-dealkylation sites (N-methyl/N-ethyl adjacent to an activating group) is 1. The van der Waals surface area contributed by atoms with E-state index in [1.165, 1.54) is 0 Å². The molecule has 2 N–H and O–H groups in total. The fraction of sp³-hybridized carbons (Fsp3) is 0.500. The number of amides is 1. The second-order valence-corrected chi connectivity index (χ2v) is 6.91. The standard InChI is InChI=1S/C18H25N5O2/c1-22(10-13-4-3-5-19-8-13)12-17(25)21-18(14-6-16(24)7-14)15-9-20-23(2)11-15/h3-5,8-9,11,14,16,18,24H,6-7,10,12H2,1-2H3,(H,21,25)/t14?,16?,18-/m1/s1. The summed E-state index contributed by atoms with van der Waals surface area (Å²) in [6.07, 6.45) is 8.43. The Morgan fingerprint density at radius 1 is 1.48 bits per heavy atom. The molecule has 2 aromatic heterocycles. The van der Waals surface area contributed by atoms with Gasteiger partial charge in [0.15, 0.2) is 0 Å². The molecule has 134 valence electrons. The third kappa shape index (κ3) is 4.64. The Morgan fingerprint density at radius 2 is 2.28 bits per heavy atom. The van der Waals surface area contributed by atoms with Gasteiger partial charge in [-0.1, -0.05) is 6.07 Å². The van der Waals surface area contributed by atoms with E-state index in [4.69, 9.17) is 0 Å². The summed E-state index contributed by atoms with van der Waals surface area (Å²) in [5.74, 6) is 0.230. The summed E-state index contributed by atoms with van der Waals surface area (Å²) in [5.41, 5.74) is 2.06. The third-order valence-electron chi connectivity index (χ3n) is 4.61. The minimum absolute atomic E-state index is 0.0263. The van der Waals surface area contributed by atoms with Crippen molar-refractivity contribution >= 4 is 5.91 Å². The van der Waals surface area contributed by atoms with Crippen LogP contribution in [0.5, 0.6) is 0 Å². The molecule has 7 heteroatoms. The Bertz CT molecular complexity index is 697. The lowest BCUT2D eigenvalue weighted by atomic mass is 9.75. The number of carbonyl (C=O) groups is 1. The first-order valence-electron chi connectivity index (χ1n) is 8.54. The van der Waals surface area contributed by atoms with Crippen LogP contribution < -0.4 is 5.32 Å². The van der Waals surface area contributed by atoms with Gasteiger partial charge in [0, 0.05) is 37.7 Å². The summed E-state index contributed by atoms with van der Waals surface area (Å²) < 4.78 is 1.73. The number of nitrogens with zero attached hydrogens (tertiary/aromatic N) is 4. The first kappa shape index (κ1) is 17.6. The van der Waals surface area contributed by atoms with Crippen molar-refractivity contribution < 1.29 is 9.90 Å². The Kier molecular flexibility index (Phi) is 5.45. The molecule has 0 radical (unpaired) electrons. The number of rotatable bonds is 7. The van der Waals surface area contributed by atoms with Crippen LogP contribution in [0.4, 0.5) is 0 Å². The molecule has 0 spiro atoms. The molecule has 1 aliphatic rings. The van der Waals surface area contributed by atoms with E-state index < -0.39 is 0 Å². The predicted octanol–water partition coefficient (Wildman–Crippen LogP) is 0.875. The SMILES string of the molecule is CN(CC(=O)N[C@@H](c1cnn(C)c1)C1CC(O)C1)Cc1cccnc1. The first-order valence-corrected chi connectivity index (χ1v) is 8.54. The molecule has 2 aromatic rings. The molecular weight excluding hydrogens is 318 g/mol. The second kappa shape index (κ2) is 7.76. The quantitative estimate of drug-likeness (QED) is 0.780. The molecule has 1 saturated carbocycles. The van der Waals surface area contributed by atoms with Crippen molar-refractivity contribution in [2.75, 3.05) is 13.6 Å². The smallest absolute Gasteiger partial charge is 0.234 e. The van der Waals surface area contributed by atoms with Crippen LogP contribution in [0.1, 0.15) is 30.0 Å². The van der Waals surface area contributed by atoms with E-state index in [2.05, 4.69) is 15.4 Å². The summed E-state index contributed by atoms with van der Waals surface area (Å²) in [4.78, 5) is 18.6. The van der Waals surface area contributed by atoms with E-state index in [1.807, 2.05) is 43.5 Å². The highest BCUT2D eigenvalue weighted by atomic mass is 16.3. The monoisotopic (exact) mass is 343 g/mol. The molecule has 1 atom stereocenters. The number of pyridine rings is 1. The van der Waals surface area contributed by atoms with Gasteiger partial charge in [-0.25, -0.2) is 0 Å². The maximum Gasteiger partial charge on any atom is 0.234 e. The van der Waals surface area contributed by atoms with Crippen molar-refractivity contribution in [2.45, 2.75) is 31.5 Å². The number of hydrogen-bond donors (Lipinski definition) is 2. The normalized spacial score (nSPS) is 21.0. The number of carbonyl (C=O) groups excluding carboxylic acids is 1. The molecular formula is C18H25N5O2. The van der Waals surface area contributed by atoms with E-state index in [0.29, 0.717) is 25.9 Å². The van der Waals surface area contributed by atoms with Crippen LogP contribution >= 0.6 is 0 Å². The average molecular weight is 343 g/mol. The summed E-state index contributed by atoms with van der Waals surface area (Å²) in [5, 5.41) is 16.9. The van der Waals surface area contributed by atoms with Gasteiger partial charge in [-0.05, 0) is 37.4 Å². The maximum absolute atomic E-state index is 12.5. The number of aliphatic hydroxyl groups excluding tert-OH is 1. The lowest BCUT2D eigenvalue weighted by Gasteiger charge is -2.37. The van der Waals surface area contributed by atoms with Gasteiger partial charge in [-0.2, -0.15) is 5.10 Å². The van der Waals surface area contributed by atoms with Crippen LogP contribution in [0.25, 0.3) is 0 Å². The predicted molar refractivity (Wildman–Crippen MR) is 93.4 cm³/mol. The molecule has 1 fully saturated rings. The Morgan fingerprint density at radius 3 is 2.88 bits per heavy atom. The molecule has 25 heavy (non-hydrogen) atoms. The van der Waals surface area contributed by atoms with Gasteiger partial charge in [0.1, 0.15) is 0 Å². The van der Waals surface area contributed by atoms with Crippen LogP contribution in [-0.2, 0) is 18.4 Å². The lowest BCUT2D eigenvalue weighted by Crippen LogP contribution is -2.44. The highest BCUT2D eigenvalue weighted by Gasteiger charge is 2.36. The van der Waals surface area contributed by atoms with Gasteiger partial charge in [-0.3, -0.25) is 19.4 Å². The van der Waals surface area contributed by atoms with Crippen LogP contribution in [0.2, 0.25) is 0 Å². The van der Waals surface area contributed by atoms with Gasteiger partial charge in [0.25, 0.3) is 0 Å². The van der Waals surface area contributed by atoms with Crippen molar-refractivity contribution in [1.82, 2.24) is 25.0 Å². The van der Waals surface area contributed by atoms with Gasteiger partial charge in [0.2, 0.25) is 5.91 Å². The van der Waals surface area contributed by atoms with Gasteiger partial charge >= 0.3 is 0 Å². The Hall–Kier alpha value is -2.25. The fourth-order valence-electron chi connectivity index (χ4n) is 3.30. The highest BCUT2D eigenvalue weighted by Crippen LogP contribution is 2.37. The van der Waals surface area contributed by atoms with Gasteiger partial charge < -0.3 is 10.4 Å². The van der Waals surface area contributed by atoms with E-state index >= 15 is 0 Å². The third-order valence-corrected chi connectivity index (χ3v) is 4.61. The van der Waals surface area contributed by atoms with Crippen molar-refractivity contribution in [3.63, 3.8) is 0 Å². The van der Waals surface area contributed by atoms with Crippen molar-refractivity contribution in [3.8, 4) is 0 Å². The van der Waals surface area contributed by atoms with Crippen LogP contribution in [-0.4, -0.2) is 50.4 Å². The van der Waals surface area contributed by atoms with E-state index in [9.17, 15) is 9.90 Å². The van der Waals surface area contributed by atoms with Crippen LogP contribution in [0, 0.1) is 5.92 Å². The maximum atomic E-state index is 12.5. The van der Waals surface area contributed by atoms with Crippen molar-refractivity contribution in [2.24, 2.45) is 13.0 Å². The number of aromatic nitrogens is 3. The fourth-order valence-corrected chi connectivity index (χ4v) is 3.30. The zero-order valence-corrected chi connectivity index (χ0v) is 14.7. The molecule has 0 bridgehead atoms. The topological polar surface area (TPSA) is 83.3 Å². The number of nitrogens with one attached hydrogen (secondary N) is 1. The highest BCUT2D eigenvalue weighted by molar-refractivity contribution is 5.78. The molecule has 0 aromatic carbocycles. The Balaban J connectivity index is 1.58. The van der Waals surface area contributed by atoms with Gasteiger partial charge in [0.05, 0.1) is 24.9 Å². The molecule has 7 nitrogen and oxygen atoms in total. The summed E-state index contributed by atoms with van der Waals surface area (Å²) in [6, 6.07) is 3.79. The van der Waals surface area contributed by atoms with E-state index in [1.54, 1.807) is 17.1 Å². The molecule has 0 aliphatic heterocycles. The largest absolute Gasteiger partial charge is 0.393 e. The first-order chi connectivity index (χ1) is 12.0. The minimum atomic E-state index is -0.255. The number of aryl methyl sites for hydroxylation is 1. The number of aliphatic hydroxyl groups is 1. The molecule has 0 unspecified atom stereocenters. The molecule has 0 saturated heterocycles. The van der Waals surface area contributed by atoms with Crippen LogP contribution in [0.15, 0.2) is 36.9 Å². The average Bonchev–Trinajstić information content (AvgIpc) is 2.97. The van der Waals surface area contributed by atoms with E-state index in [-0.39, 0.29) is 24.0 Å². The van der Waals surface area contributed by atoms with Crippen molar-refractivity contribution in [1.29, 1.82) is 0 Å². The molecule has 3 rings (SSSR count). The second-order valence-electron chi connectivity index (χ2n) is 6.91. The van der Waals surface area contributed by atoms with E-state index in [0.717, 1.165) is 11.1 Å². The zero-order chi connectivity index (χ0) is 17.8. The zero-order valence-electron chi connectivity index (χ0n) is 14.7. The van der Waals surface area contributed by atoms with Crippen LogP contribution in [0.3, 0.4) is 0 Å². The minimum Gasteiger partial charge on any atom is -0.393 e. The van der Waals surface area contributed by atoms with Crippen molar-refractivity contribution in [3.05, 3.63) is 48.0 Å². The van der Waals surface area contributed by atoms with Gasteiger partial charge in [-0.15, -0.1) is 0 Å². The number of hydrogen-bond acceptors (Lipinski definition) is 5. The summed E-state index contributed by atoms with van der Waals surface area (Å²) in [7, 11) is 3.78. The lowest BCUT2D eigenvalue weighted by molar-refractivity contribution is -0.124.